The van der Waals surface area contributed by atoms with E-state index >= 15 is 0 Å². The Kier molecular flexibility index (Phi) is 1.14. The molecule has 0 aliphatic heterocycles. The van der Waals surface area contributed by atoms with Crippen LogP contribution >= 0.6 is 0 Å². The lowest BCUT2D eigenvalue weighted by molar-refractivity contribution is 0.283. The van der Waals surface area contributed by atoms with Gasteiger partial charge in [-0.2, -0.15) is 0 Å². The average molecular weight is 122 g/mol. The first-order chi connectivity index (χ1) is 4.38. The van der Waals surface area contributed by atoms with E-state index in [0.717, 1.165) is 11.8 Å². The van der Waals surface area contributed by atoms with E-state index in [4.69, 9.17) is 0 Å². The van der Waals surface area contributed by atoms with Crippen molar-refractivity contribution in [1.82, 2.24) is 0 Å². The minimum Gasteiger partial charge on any atom is -0.0816 e. The summed E-state index contributed by atoms with van der Waals surface area (Å²) in [6.45, 7) is 2.28. The van der Waals surface area contributed by atoms with Crippen LogP contribution in [0, 0.1) is 11.8 Å². The molecule has 2 aliphatic rings. The molecule has 0 aromatic rings. The molecule has 0 aromatic heterocycles. The van der Waals surface area contributed by atoms with E-state index in [0.29, 0.717) is 0 Å². The third-order valence-electron chi connectivity index (χ3n) is 2.88. The largest absolute Gasteiger partial charge is 0.0816 e. The first-order valence-electron chi connectivity index (χ1n) is 4.06. The van der Waals surface area contributed by atoms with Crippen LogP contribution in [-0.2, 0) is 0 Å². The summed E-state index contributed by atoms with van der Waals surface area (Å²) in [4.78, 5) is 0. The Bertz CT molecular complexity index is 144. The number of allylic oxidation sites excluding steroid dienone is 2. The van der Waals surface area contributed by atoms with Crippen LogP contribution < -0.4 is 0 Å². The molecule has 0 saturated heterocycles. The Morgan fingerprint density at radius 2 is 2.11 bits per heavy atom. The predicted molar refractivity (Wildman–Crippen MR) is 39.2 cm³/mol. The van der Waals surface area contributed by atoms with Gasteiger partial charge in [-0.1, -0.05) is 24.5 Å². The Morgan fingerprint density at radius 3 is 2.67 bits per heavy atom. The summed E-state index contributed by atoms with van der Waals surface area (Å²) in [5.74, 6) is 2.01. The summed E-state index contributed by atoms with van der Waals surface area (Å²) in [5.41, 5.74) is 1.67. The van der Waals surface area contributed by atoms with Crippen molar-refractivity contribution in [2.24, 2.45) is 11.8 Å². The third kappa shape index (κ3) is 0.726. The van der Waals surface area contributed by atoms with Gasteiger partial charge in [0, 0.05) is 0 Å². The fraction of sp³-hybridized carbons (Fsp3) is 0.778. The molecule has 1 fully saturated rings. The van der Waals surface area contributed by atoms with Crippen molar-refractivity contribution in [2.45, 2.75) is 32.6 Å². The quantitative estimate of drug-likeness (QED) is 0.433. The van der Waals surface area contributed by atoms with Crippen molar-refractivity contribution in [2.75, 3.05) is 0 Å². The monoisotopic (exact) mass is 122 g/mol. The van der Waals surface area contributed by atoms with Crippen LogP contribution in [-0.4, -0.2) is 0 Å². The molecule has 0 bridgehead atoms. The lowest BCUT2D eigenvalue weighted by Crippen LogP contribution is -2.26. The van der Waals surface area contributed by atoms with E-state index in [1.165, 1.54) is 25.7 Å². The van der Waals surface area contributed by atoms with Crippen LogP contribution in [0.15, 0.2) is 11.6 Å². The maximum atomic E-state index is 2.46. The fourth-order valence-corrected chi connectivity index (χ4v) is 2.27. The van der Waals surface area contributed by atoms with Crippen molar-refractivity contribution in [3.05, 3.63) is 11.6 Å². The van der Waals surface area contributed by atoms with Crippen molar-refractivity contribution >= 4 is 0 Å². The summed E-state index contributed by atoms with van der Waals surface area (Å²) in [6.07, 6.45) is 8.37. The van der Waals surface area contributed by atoms with E-state index in [1.54, 1.807) is 5.57 Å². The third-order valence-corrected chi connectivity index (χ3v) is 2.88. The zero-order valence-electron chi connectivity index (χ0n) is 6.06. The minimum atomic E-state index is 0.999. The molecule has 0 N–H and O–H groups in total. The van der Waals surface area contributed by atoms with Gasteiger partial charge in [0.15, 0.2) is 0 Å². The van der Waals surface area contributed by atoms with E-state index in [1.807, 2.05) is 0 Å². The zero-order valence-corrected chi connectivity index (χ0v) is 6.06. The van der Waals surface area contributed by atoms with Crippen LogP contribution in [0.25, 0.3) is 0 Å². The first-order valence-corrected chi connectivity index (χ1v) is 4.06. The maximum absolute atomic E-state index is 2.46. The summed E-state index contributed by atoms with van der Waals surface area (Å²) >= 11 is 0. The van der Waals surface area contributed by atoms with Crippen molar-refractivity contribution in [3.63, 3.8) is 0 Å². The highest BCUT2D eigenvalue weighted by Gasteiger charge is 2.31. The molecule has 2 atom stereocenters. The Labute approximate surface area is 57.0 Å². The van der Waals surface area contributed by atoms with Gasteiger partial charge in [-0.05, 0) is 31.6 Å². The van der Waals surface area contributed by atoms with Gasteiger partial charge in [-0.25, -0.2) is 0 Å². The van der Waals surface area contributed by atoms with E-state index in [2.05, 4.69) is 13.0 Å². The van der Waals surface area contributed by atoms with Gasteiger partial charge >= 0.3 is 0 Å². The molecule has 50 valence electrons. The molecule has 2 rings (SSSR count). The Hall–Kier alpha value is -0.260. The number of hydrogen-bond donors (Lipinski definition) is 0. The van der Waals surface area contributed by atoms with Gasteiger partial charge in [0.2, 0.25) is 0 Å². The maximum Gasteiger partial charge on any atom is -0.0143 e. The molecule has 2 aliphatic carbocycles. The zero-order chi connectivity index (χ0) is 6.27. The van der Waals surface area contributed by atoms with Gasteiger partial charge in [-0.15, -0.1) is 0 Å². The van der Waals surface area contributed by atoms with Crippen LogP contribution in [0.5, 0.6) is 0 Å². The Morgan fingerprint density at radius 1 is 1.33 bits per heavy atom. The van der Waals surface area contributed by atoms with E-state index < -0.39 is 0 Å². The molecular formula is C9H14. The number of hydrogen-bond acceptors (Lipinski definition) is 0. The van der Waals surface area contributed by atoms with Crippen LogP contribution in [0.3, 0.4) is 0 Å². The highest BCUT2D eigenvalue weighted by atomic mass is 14.4. The molecule has 0 amide bonds. The van der Waals surface area contributed by atoms with E-state index in [-0.39, 0.29) is 0 Å². The van der Waals surface area contributed by atoms with Gasteiger partial charge in [0.1, 0.15) is 0 Å². The Balaban J connectivity index is 2.08. The standard InChI is InChI=1S/C9H14/c1-7-6-8-4-2-3-5-9(7)8/h6,8-9H,2-5H2,1H3/t8-,9+/m1/s1. The smallest absolute Gasteiger partial charge is 0.0143 e. The molecule has 0 heterocycles. The highest BCUT2D eigenvalue weighted by Crippen LogP contribution is 2.43. The summed E-state index contributed by atoms with van der Waals surface area (Å²) in [7, 11) is 0. The van der Waals surface area contributed by atoms with Gasteiger partial charge in [0.05, 0.1) is 0 Å². The van der Waals surface area contributed by atoms with Crippen molar-refractivity contribution < 1.29 is 0 Å². The topological polar surface area (TPSA) is 0 Å². The van der Waals surface area contributed by atoms with Gasteiger partial charge in [-0.3, -0.25) is 0 Å². The molecule has 0 heteroatoms. The molecule has 0 unspecified atom stereocenters. The highest BCUT2D eigenvalue weighted by molar-refractivity contribution is 5.20. The van der Waals surface area contributed by atoms with Gasteiger partial charge in [0.25, 0.3) is 0 Å². The normalized spacial score (nSPS) is 40.8. The second-order valence-corrected chi connectivity index (χ2v) is 3.47. The van der Waals surface area contributed by atoms with Crippen LogP contribution in [0.1, 0.15) is 32.6 Å². The fourth-order valence-electron chi connectivity index (χ4n) is 2.27. The second-order valence-electron chi connectivity index (χ2n) is 3.47. The molecular weight excluding hydrogens is 108 g/mol. The van der Waals surface area contributed by atoms with Gasteiger partial charge < -0.3 is 0 Å². The SMILES string of the molecule is CC1=C[C@H]2CCCC[C@@H]12. The minimum absolute atomic E-state index is 0.999. The molecule has 1 saturated carbocycles. The molecule has 0 radical (unpaired) electrons. The summed E-state index contributed by atoms with van der Waals surface area (Å²) in [6, 6.07) is 0. The second kappa shape index (κ2) is 1.86. The molecule has 9 heavy (non-hydrogen) atoms. The lowest BCUT2D eigenvalue weighted by Gasteiger charge is -2.38. The van der Waals surface area contributed by atoms with Crippen LogP contribution in [0.2, 0.25) is 0 Å². The lowest BCUT2D eigenvalue weighted by atomic mass is 9.67. The molecule has 0 nitrogen and oxygen atoms in total. The van der Waals surface area contributed by atoms with Crippen LogP contribution in [0.4, 0.5) is 0 Å². The van der Waals surface area contributed by atoms with Crippen molar-refractivity contribution in [1.29, 1.82) is 0 Å². The summed E-state index contributed by atoms with van der Waals surface area (Å²) in [5, 5.41) is 0. The molecule has 0 aromatic carbocycles. The predicted octanol–water partition coefficient (Wildman–Crippen LogP) is 2.75. The average Bonchev–Trinajstić information content (AvgIpc) is 1.86. The first kappa shape index (κ1) is 5.52. The number of rotatable bonds is 0. The molecule has 0 spiro atoms. The van der Waals surface area contributed by atoms with Crippen molar-refractivity contribution in [3.8, 4) is 0 Å². The van der Waals surface area contributed by atoms with E-state index in [9.17, 15) is 0 Å². The number of fused-ring (bicyclic) bond motifs is 1. The summed E-state index contributed by atoms with van der Waals surface area (Å²) < 4.78 is 0.